The first-order valence-corrected chi connectivity index (χ1v) is 13.4. The SMILES string of the molecule is CCCCCCCCCCCCC/C=C/[C@@H](O)[C@H](CO[C@@H]1O[C@H](CO)[C@H](O)[C@H](O)[C@H]1O)NC(C)=O. The number of allylic oxidation sites excluding steroid dienone is 1. The lowest BCUT2D eigenvalue weighted by atomic mass is 9.99. The van der Waals surface area contributed by atoms with Gasteiger partial charge < -0.3 is 40.3 Å². The first-order valence-electron chi connectivity index (χ1n) is 13.4. The number of aliphatic hydroxyl groups is 5. The molecule has 0 saturated carbocycles. The van der Waals surface area contributed by atoms with Crippen molar-refractivity contribution in [3.63, 3.8) is 0 Å². The molecule has 1 rings (SSSR count). The van der Waals surface area contributed by atoms with E-state index in [1.54, 1.807) is 6.08 Å². The highest BCUT2D eigenvalue weighted by Crippen LogP contribution is 2.22. The predicted molar refractivity (Wildman–Crippen MR) is 134 cm³/mol. The number of hydrogen-bond acceptors (Lipinski definition) is 8. The molecule has 1 fully saturated rings. The van der Waals surface area contributed by atoms with Gasteiger partial charge in [-0.25, -0.2) is 0 Å². The molecule has 1 aliphatic rings. The highest BCUT2D eigenvalue weighted by Gasteiger charge is 2.44. The second-order valence-electron chi connectivity index (χ2n) is 9.58. The van der Waals surface area contributed by atoms with Crippen molar-refractivity contribution in [1.82, 2.24) is 5.32 Å². The molecule has 0 bridgehead atoms. The number of nitrogens with one attached hydrogen (secondary N) is 1. The molecule has 0 unspecified atom stereocenters. The fourth-order valence-electron chi connectivity index (χ4n) is 4.19. The zero-order chi connectivity index (χ0) is 26.1. The van der Waals surface area contributed by atoms with Gasteiger partial charge in [-0.15, -0.1) is 0 Å². The summed E-state index contributed by atoms with van der Waals surface area (Å²) in [5.74, 6) is -0.356. The van der Waals surface area contributed by atoms with Gasteiger partial charge in [-0.3, -0.25) is 4.79 Å². The molecule has 0 aliphatic carbocycles. The van der Waals surface area contributed by atoms with Crippen molar-refractivity contribution in [2.75, 3.05) is 13.2 Å². The van der Waals surface area contributed by atoms with Crippen LogP contribution in [0, 0.1) is 0 Å². The minimum absolute atomic E-state index is 0.202. The van der Waals surface area contributed by atoms with E-state index in [4.69, 9.17) is 9.47 Å². The van der Waals surface area contributed by atoms with Crippen LogP contribution in [-0.2, 0) is 14.3 Å². The smallest absolute Gasteiger partial charge is 0.217 e. The summed E-state index contributed by atoms with van der Waals surface area (Å²) in [5.41, 5.74) is 0. The van der Waals surface area contributed by atoms with Gasteiger partial charge in [0.2, 0.25) is 5.91 Å². The normalized spacial score (nSPS) is 26.7. The van der Waals surface area contributed by atoms with E-state index < -0.39 is 49.5 Å². The van der Waals surface area contributed by atoms with Gasteiger partial charge >= 0.3 is 0 Å². The molecule has 1 heterocycles. The van der Waals surface area contributed by atoms with Crippen LogP contribution in [0.25, 0.3) is 0 Å². The summed E-state index contributed by atoms with van der Waals surface area (Å²) in [4.78, 5) is 11.6. The highest BCUT2D eigenvalue weighted by molar-refractivity contribution is 5.73. The van der Waals surface area contributed by atoms with Crippen LogP contribution in [0.1, 0.15) is 90.9 Å². The number of amides is 1. The zero-order valence-corrected chi connectivity index (χ0v) is 21.6. The van der Waals surface area contributed by atoms with Crippen molar-refractivity contribution in [3.05, 3.63) is 12.2 Å². The van der Waals surface area contributed by atoms with E-state index in [-0.39, 0.29) is 12.5 Å². The van der Waals surface area contributed by atoms with Gasteiger partial charge in [0.1, 0.15) is 24.4 Å². The van der Waals surface area contributed by atoms with E-state index in [9.17, 15) is 30.3 Å². The van der Waals surface area contributed by atoms with Crippen LogP contribution in [0.5, 0.6) is 0 Å². The van der Waals surface area contributed by atoms with Gasteiger partial charge in [0, 0.05) is 6.92 Å². The van der Waals surface area contributed by atoms with Crippen LogP contribution >= 0.6 is 0 Å². The Bertz CT molecular complexity index is 574. The van der Waals surface area contributed by atoms with Gasteiger partial charge in [-0.2, -0.15) is 0 Å². The first-order chi connectivity index (χ1) is 16.8. The minimum atomic E-state index is -1.55. The quantitative estimate of drug-likeness (QED) is 0.116. The summed E-state index contributed by atoms with van der Waals surface area (Å²) in [6.07, 6.45) is 10.3. The van der Waals surface area contributed by atoms with Gasteiger partial charge in [0.25, 0.3) is 0 Å². The maximum Gasteiger partial charge on any atom is 0.217 e. The van der Waals surface area contributed by atoms with Gasteiger partial charge in [0.05, 0.1) is 25.4 Å². The lowest BCUT2D eigenvalue weighted by molar-refractivity contribution is -0.302. The fraction of sp³-hybridized carbons (Fsp3) is 0.885. The van der Waals surface area contributed by atoms with E-state index in [1.165, 1.54) is 64.7 Å². The predicted octanol–water partition coefficient (Wildman–Crippen LogP) is 1.93. The van der Waals surface area contributed by atoms with Crippen molar-refractivity contribution < 1.29 is 39.8 Å². The maximum atomic E-state index is 11.6. The third-order valence-corrected chi connectivity index (χ3v) is 6.40. The minimum Gasteiger partial charge on any atom is -0.394 e. The Labute approximate surface area is 210 Å². The Morgan fingerprint density at radius 3 is 2.06 bits per heavy atom. The lowest BCUT2D eigenvalue weighted by Crippen LogP contribution is -2.60. The molecular weight excluding hydrogens is 454 g/mol. The third kappa shape index (κ3) is 13.2. The molecule has 0 aromatic rings. The lowest BCUT2D eigenvalue weighted by Gasteiger charge is -2.40. The molecule has 0 radical (unpaired) electrons. The Hall–Kier alpha value is -1.07. The fourth-order valence-corrected chi connectivity index (χ4v) is 4.19. The van der Waals surface area contributed by atoms with E-state index in [2.05, 4.69) is 12.2 Å². The number of unbranched alkanes of at least 4 members (excludes halogenated alkanes) is 11. The second-order valence-corrected chi connectivity index (χ2v) is 9.58. The largest absolute Gasteiger partial charge is 0.394 e. The highest BCUT2D eigenvalue weighted by atomic mass is 16.7. The molecule has 35 heavy (non-hydrogen) atoms. The van der Waals surface area contributed by atoms with Crippen LogP contribution < -0.4 is 5.32 Å². The summed E-state index contributed by atoms with van der Waals surface area (Å²) in [7, 11) is 0. The monoisotopic (exact) mass is 503 g/mol. The van der Waals surface area contributed by atoms with Gasteiger partial charge in [-0.1, -0.05) is 83.3 Å². The topological polar surface area (TPSA) is 149 Å². The molecule has 0 spiro atoms. The van der Waals surface area contributed by atoms with Crippen molar-refractivity contribution in [2.24, 2.45) is 0 Å². The van der Waals surface area contributed by atoms with E-state index >= 15 is 0 Å². The number of ether oxygens (including phenoxy) is 2. The Morgan fingerprint density at radius 2 is 1.51 bits per heavy atom. The Kier molecular flexibility index (Phi) is 17.4. The molecule has 1 aliphatic heterocycles. The van der Waals surface area contributed by atoms with Crippen molar-refractivity contribution in [2.45, 2.75) is 134 Å². The van der Waals surface area contributed by atoms with Crippen LogP contribution in [-0.4, -0.2) is 87.5 Å². The summed E-state index contributed by atoms with van der Waals surface area (Å²) < 4.78 is 10.8. The summed E-state index contributed by atoms with van der Waals surface area (Å²) in [6, 6.07) is -0.798. The summed E-state index contributed by atoms with van der Waals surface area (Å²) in [6.45, 7) is 2.79. The molecule has 206 valence electrons. The number of rotatable bonds is 19. The number of hydrogen-bond donors (Lipinski definition) is 6. The van der Waals surface area contributed by atoms with Crippen LogP contribution in [0.4, 0.5) is 0 Å². The summed E-state index contributed by atoms with van der Waals surface area (Å²) in [5, 5.41) is 52.2. The van der Waals surface area contributed by atoms with Crippen LogP contribution in [0.15, 0.2) is 12.2 Å². The average Bonchev–Trinajstić information content (AvgIpc) is 2.83. The molecule has 9 nitrogen and oxygen atoms in total. The first kappa shape index (κ1) is 32.0. The van der Waals surface area contributed by atoms with Crippen LogP contribution in [0.2, 0.25) is 0 Å². The molecule has 0 aromatic heterocycles. The number of carbonyl (C=O) groups is 1. The zero-order valence-electron chi connectivity index (χ0n) is 21.6. The van der Waals surface area contributed by atoms with E-state index in [0.29, 0.717) is 0 Å². The second kappa shape index (κ2) is 19.1. The molecule has 7 atom stereocenters. The Morgan fingerprint density at radius 1 is 0.943 bits per heavy atom. The van der Waals surface area contributed by atoms with E-state index in [0.717, 1.165) is 19.3 Å². The van der Waals surface area contributed by atoms with Gasteiger partial charge in [-0.05, 0) is 12.8 Å². The van der Waals surface area contributed by atoms with Crippen LogP contribution in [0.3, 0.4) is 0 Å². The number of carbonyl (C=O) groups excluding carboxylic acids is 1. The average molecular weight is 504 g/mol. The summed E-state index contributed by atoms with van der Waals surface area (Å²) >= 11 is 0. The van der Waals surface area contributed by atoms with Crippen molar-refractivity contribution >= 4 is 5.91 Å². The molecular formula is C26H49NO8. The standard InChI is InChI=1S/C26H49NO8/c1-3-4-5-6-7-8-9-10-11-12-13-14-15-16-21(30)20(27-19(2)29)18-34-26-25(33)24(32)23(31)22(17-28)35-26/h15-16,20-26,28,30-33H,3-14,17-18H2,1-2H3,(H,27,29)/b16-15+/t20-,21+,22+,23-,24-,25+,26+/m0/s1. The molecule has 1 saturated heterocycles. The van der Waals surface area contributed by atoms with Crippen molar-refractivity contribution in [1.29, 1.82) is 0 Å². The molecule has 0 aromatic carbocycles. The van der Waals surface area contributed by atoms with Crippen molar-refractivity contribution in [3.8, 4) is 0 Å². The molecule has 6 N–H and O–H groups in total. The maximum absolute atomic E-state index is 11.6. The number of aliphatic hydroxyl groups excluding tert-OH is 5. The van der Waals surface area contributed by atoms with E-state index in [1.807, 2.05) is 6.08 Å². The third-order valence-electron chi connectivity index (χ3n) is 6.40. The molecule has 9 heteroatoms. The van der Waals surface area contributed by atoms with Gasteiger partial charge in [0.15, 0.2) is 6.29 Å². The molecule has 1 amide bonds. The Balaban J connectivity index is 2.31.